The van der Waals surface area contributed by atoms with Crippen LogP contribution in [-0.2, 0) is 9.53 Å². The van der Waals surface area contributed by atoms with Gasteiger partial charge in [-0.05, 0) is 44.9 Å². The lowest BCUT2D eigenvalue weighted by Gasteiger charge is -2.25. The summed E-state index contributed by atoms with van der Waals surface area (Å²) in [7, 11) is 0. The Morgan fingerprint density at radius 1 is 1.13 bits per heavy atom. The molecule has 0 aromatic heterocycles. The van der Waals surface area contributed by atoms with Crippen LogP contribution >= 0.6 is 0 Å². The summed E-state index contributed by atoms with van der Waals surface area (Å²) in [6.45, 7) is 13.7. The van der Waals surface area contributed by atoms with E-state index in [1.165, 1.54) is 0 Å². The minimum Gasteiger partial charge on any atom is -0.444 e. The van der Waals surface area contributed by atoms with Gasteiger partial charge in [-0.2, -0.15) is 0 Å². The summed E-state index contributed by atoms with van der Waals surface area (Å²) in [5, 5.41) is 14.7. The molecule has 1 atom stereocenters. The van der Waals surface area contributed by atoms with Crippen molar-refractivity contribution in [2.75, 3.05) is 13.2 Å². The first-order valence-corrected chi connectivity index (χ1v) is 8.24. The standard InChI is InChI=1S/C17H34N2O4/c1-12(2)10-13(19-15(22)23-16(3,4)5)14(21)18-9-8-17(6,7)11-20/h12-13,20H,8-11H2,1-7H3,(H,18,21)(H,19,22)/t13-/m0/s1. The Balaban J connectivity index is 4.58. The predicted molar refractivity (Wildman–Crippen MR) is 91.1 cm³/mol. The highest BCUT2D eigenvalue weighted by Crippen LogP contribution is 2.17. The fourth-order valence-corrected chi connectivity index (χ4v) is 1.88. The SMILES string of the molecule is CC(C)C[C@H](NC(=O)OC(C)(C)C)C(=O)NCCC(C)(C)CO. The molecule has 6 heteroatoms. The second kappa shape index (κ2) is 9.11. The van der Waals surface area contributed by atoms with Gasteiger partial charge in [0.2, 0.25) is 5.91 Å². The van der Waals surface area contributed by atoms with Gasteiger partial charge in [-0.1, -0.05) is 27.7 Å². The second-order valence-electron chi connectivity index (χ2n) is 8.19. The van der Waals surface area contributed by atoms with Crippen LogP contribution in [0.5, 0.6) is 0 Å². The molecular formula is C17H34N2O4. The van der Waals surface area contributed by atoms with Crippen molar-refractivity contribution in [2.24, 2.45) is 11.3 Å². The molecule has 136 valence electrons. The van der Waals surface area contributed by atoms with E-state index in [4.69, 9.17) is 4.74 Å². The van der Waals surface area contributed by atoms with Gasteiger partial charge >= 0.3 is 6.09 Å². The minimum absolute atomic E-state index is 0.0639. The monoisotopic (exact) mass is 330 g/mol. The molecule has 0 saturated heterocycles. The molecule has 0 aliphatic heterocycles. The molecule has 23 heavy (non-hydrogen) atoms. The van der Waals surface area contributed by atoms with Crippen molar-refractivity contribution in [3.05, 3.63) is 0 Å². The van der Waals surface area contributed by atoms with Gasteiger partial charge in [0.15, 0.2) is 0 Å². The first-order valence-electron chi connectivity index (χ1n) is 8.24. The van der Waals surface area contributed by atoms with Gasteiger partial charge in [0.25, 0.3) is 0 Å². The third kappa shape index (κ3) is 11.0. The van der Waals surface area contributed by atoms with Crippen molar-refractivity contribution in [1.29, 1.82) is 0 Å². The number of alkyl carbamates (subject to hydrolysis) is 1. The molecule has 0 bridgehead atoms. The average Bonchev–Trinajstić information content (AvgIpc) is 2.34. The van der Waals surface area contributed by atoms with Crippen LogP contribution in [0.15, 0.2) is 0 Å². The third-order valence-electron chi connectivity index (χ3n) is 3.24. The quantitative estimate of drug-likeness (QED) is 0.638. The number of nitrogens with one attached hydrogen (secondary N) is 2. The molecule has 0 aromatic rings. The molecule has 0 saturated carbocycles. The van der Waals surface area contributed by atoms with Crippen molar-refractivity contribution in [3.63, 3.8) is 0 Å². The summed E-state index contributed by atoms with van der Waals surface area (Å²) >= 11 is 0. The molecule has 0 heterocycles. The zero-order chi connectivity index (χ0) is 18.3. The maximum Gasteiger partial charge on any atom is 0.408 e. The van der Waals surface area contributed by atoms with Crippen LogP contribution in [0.4, 0.5) is 4.79 Å². The molecule has 3 N–H and O–H groups in total. The smallest absolute Gasteiger partial charge is 0.408 e. The Kier molecular flexibility index (Phi) is 8.59. The summed E-state index contributed by atoms with van der Waals surface area (Å²) < 4.78 is 5.21. The van der Waals surface area contributed by atoms with E-state index in [2.05, 4.69) is 10.6 Å². The van der Waals surface area contributed by atoms with Crippen LogP contribution in [0.1, 0.15) is 61.3 Å². The molecule has 2 amide bonds. The zero-order valence-corrected chi connectivity index (χ0v) is 15.7. The Morgan fingerprint density at radius 2 is 1.70 bits per heavy atom. The van der Waals surface area contributed by atoms with Crippen LogP contribution in [0.2, 0.25) is 0 Å². The topological polar surface area (TPSA) is 87.7 Å². The van der Waals surface area contributed by atoms with Gasteiger partial charge in [0.05, 0.1) is 0 Å². The van der Waals surface area contributed by atoms with Crippen molar-refractivity contribution >= 4 is 12.0 Å². The number of hydrogen-bond acceptors (Lipinski definition) is 4. The van der Waals surface area contributed by atoms with E-state index >= 15 is 0 Å². The second-order valence-corrected chi connectivity index (χ2v) is 8.19. The maximum absolute atomic E-state index is 12.3. The number of amides is 2. The third-order valence-corrected chi connectivity index (χ3v) is 3.24. The van der Waals surface area contributed by atoms with Crippen LogP contribution in [-0.4, -0.2) is 41.9 Å². The van der Waals surface area contributed by atoms with E-state index in [0.717, 1.165) is 0 Å². The highest BCUT2D eigenvalue weighted by Gasteiger charge is 2.25. The van der Waals surface area contributed by atoms with E-state index < -0.39 is 17.7 Å². The Morgan fingerprint density at radius 3 is 2.13 bits per heavy atom. The Bertz CT molecular complexity index is 387. The van der Waals surface area contributed by atoms with Crippen molar-refractivity contribution in [1.82, 2.24) is 10.6 Å². The summed E-state index contributed by atoms with van der Waals surface area (Å²) in [6, 6.07) is -0.623. The summed E-state index contributed by atoms with van der Waals surface area (Å²) in [6.07, 6.45) is 0.610. The molecule has 0 rings (SSSR count). The highest BCUT2D eigenvalue weighted by molar-refractivity contribution is 5.85. The fourth-order valence-electron chi connectivity index (χ4n) is 1.88. The predicted octanol–water partition coefficient (Wildman–Crippen LogP) is 2.45. The molecule has 0 spiro atoms. The molecule has 0 aromatic carbocycles. The molecule has 0 aliphatic rings. The van der Waals surface area contributed by atoms with E-state index in [-0.39, 0.29) is 23.8 Å². The van der Waals surface area contributed by atoms with Crippen LogP contribution in [0, 0.1) is 11.3 Å². The number of aliphatic hydroxyl groups excluding tert-OH is 1. The normalized spacial score (nSPS) is 13.6. The van der Waals surface area contributed by atoms with Gasteiger partial charge in [0.1, 0.15) is 11.6 Å². The van der Waals surface area contributed by atoms with Gasteiger partial charge in [0, 0.05) is 13.2 Å². The van der Waals surface area contributed by atoms with Crippen LogP contribution in [0.3, 0.4) is 0 Å². The maximum atomic E-state index is 12.3. The number of hydrogen-bond donors (Lipinski definition) is 3. The molecule has 6 nitrogen and oxygen atoms in total. The number of ether oxygens (including phenoxy) is 1. The van der Waals surface area contributed by atoms with Gasteiger partial charge in [-0.15, -0.1) is 0 Å². The first kappa shape index (κ1) is 21.7. The molecule has 0 fully saturated rings. The largest absolute Gasteiger partial charge is 0.444 e. The number of aliphatic hydroxyl groups is 1. The lowest BCUT2D eigenvalue weighted by molar-refractivity contribution is -0.123. The fraction of sp³-hybridized carbons (Fsp3) is 0.882. The van der Waals surface area contributed by atoms with Gasteiger partial charge < -0.3 is 20.5 Å². The highest BCUT2D eigenvalue weighted by atomic mass is 16.6. The molecule has 0 radical (unpaired) electrons. The molecular weight excluding hydrogens is 296 g/mol. The van der Waals surface area contributed by atoms with E-state index in [1.54, 1.807) is 20.8 Å². The number of carbonyl (C=O) groups is 2. The van der Waals surface area contributed by atoms with Crippen LogP contribution in [0.25, 0.3) is 0 Å². The van der Waals surface area contributed by atoms with Crippen molar-refractivity contribution in [3.8, 4) is 0 Å². The summed E-state index contributed by atoms with van der Waals surface area (Å²) in [5.74, 6) is 0.0351. The minimum atomic E-state index is -0.623. The zero-order valence-electron chi connectivity index (χ0n) is 15.7. The van der Waals surface area contributed by atoms with Gasteiger partial charge in [-0.3, -0.25) is 4.79 Å². The number of rotatable bonds is 8. The number of carbonyl (C=O) groups excluding carboxylic acids is 2. The van der Waals surface area contributed by atoms with Crippen molar-refractivity contribution < 1.29 is 19.4 Å². The Hall–Kier alpha value is -1.30. The molecule has 0 unspecified atom stereocenters. The van der Waals surface area contributed by atoms with Gasteiger partial charge in [-0.25, -0.2) is 4.79 Å². The summed E-state index contributed by atoms with van der Waals surface area (Å²) in [5.41, 5.74) is -0.840. The van der Waals surface area contributed by atoms with Crippen molar-refractivity contribution in [2.45, 2.75) is 73.0 Å². The van der Waals surface area contributed by atoms with E-state index in [0.29, 0.717) is 19.4 Å². The van der Waals surface area contributed by atoms with E-state index in [1.807, 2.05) is 27.7 Å². The van der Waals surface area contributed by atoms with E-state index in [9.17, 15) is 14.7 Å². The Labute approximate surface area is 140 Å². The lowest BCUT2D eigenvalue weighted by Crippen LogP contribution is -2.49. The molecule has 0 aliphatic carbocycles. The lowest BCUT2D eigenvalue weighted by atomic mass is 9.90. The van der Waals surface area contributed by atoms with Crippen LogP contribution < -0.4 is 10.6 Å². The summed E-state index contributed by atoms with van der Waals surface area (Å²) in [4.78, 5) is 24.2. The first-order chi connectivity index (χ1) is 10.4. The average molecular weight is 330 g/mol.